The number of amides is 1. The van der Waals surface area contributed by atoms with E-state index in [2.05, 4.69) is 15.5 Å². The van der Waals surface area contributed by atoms with E-state index in [4.69, 9.17) is 4.74 Å². The van der Waals surface area contributed by atoms with Crippen molar-refractivity contribution >= 4 is 23.0 Å². The second-order valence-electron chi connectivity index (χ2n) is 5.41. The third kappa shape index (κ3) is 4.47. The summed E-state index contributed by atoms with van der Waals surface area (Å²) in [5.74, 6) is -0.0621. The van der Waals surface area contributed by atoms with Gasteiger partial charge in [0.05, 0.1) is 19.8 Å². The fraction of sp³-hybridized carbons (Fsp3) is 0.278. The van der Waals surface area contributed by atoms with Crippen molar-refractivity contribution in [2.45, 2.75) is 0 Å². The largest absolute Gasteiger partial charge is 0.378 e. The number of rotatable bonds is 5. The molecule has 0 aromatic heterocycles. The number of morpholine rings is 1. The Balaban J connectivity index is 1.50. The van der Waals surface area contributed by atoms with Crippen LogP contribution in [0, 0.1) is 0 Å². The normalized spacial score (nSPS) is 14.3. The zero-order chi connectivity index (χ0) is 15.9. The summed E-state index contributed by atoms with van der Waals surface area (Å²) in [6, 6.07) is 17.6. The van der Waals surface area contributed by atoms with Gasteiger partial charge in [-0.25, -0.2) is 0 Å². The summed E-state index contributed by atoms with van der Waals surface area (Å²) in [5, 5.41) is 5.99. The highest BCUT2D eigenvalue weighted by atomic mass is 16.5. The molecule has 120 valence electrons. The Morgan fingerprint density at radius 2 is 1.65 bits per heavy atom. The molecule has 23 heavy (non-hydrogen) atoms. The van der Waals surface area contributed by atoms with E-state index >= 15 is 0 Å². The number of carbonyl (C=O) groups excluding carboxylic acids is 1. The van der Waals surface area contributed by atoms with Gasteiger partial charge in [-0.1, -0.05) is 18.2 Å². The van der Waals surface area contributed by atoms with Crippen LogP contribution in [0.25, 0.3) is 0 Å². The molecule has 0 bridgehead atoms. The van der Waals surface area contributed by atoms with Crippen molar-refractivity contribution in [3.63, 3.8) is 0 Å². The van der Waals surface area contributed by atoms with E-state index in [1.165, 1.54) is 0 Å². The molecule has 0 unspecified atom stereocenters. The molecule has 3 rings (SSSR count). The molecule has 2 aromatic carbocycles. The third-order valence-corrected chi connectivity index (χ3v) is 3.75. The van der Waals surface area contributed by atoms with Gasteiger partial charge in [0, 0.05) is 30.2 Å². The number of anilines is 3. The summed E-state index contributed by atoms with van der Waals surface area (Å²) in [5.41, 5.74) is 2.90. The van der Waals surface area contributed by atoms with Crippen LogP contribution in [-0.2, 0) is 9.53 Å². The van der Waals surface area contributed by atoms with Crippen LogP contribution < -0.4 is 15.5 Å². The van der Waals surface area contributed by atoms with Gasteiger partial charge in [-0.15, -0.1) is 0 Å². The van der Waals surface area contributed by atoms with Crippen molar-refractivity contribution in [3.05, 3.63) is 54.6 Å². The lowest BCUT2D eigenvalue weighted by Crippen LogP contribution is -2.36. The van der Waals surface area contributed by atoms with Crippen LogP contribution in [0.15, 0.2) is 54.6 Å². The molecule has 2 aromatic rings. The topological polar surface area (TPSA) is 53.6 Å². The van der Waals surface area contributed by atoms with E-state index in [1.54, 1.807) is 0 Å². The maximum Gasteiger partial charge on any atom is 0.243 e. The molecule has 1 aliphatic rings. The highest BCUT2D eigenvalue weighted by Crippen LogP contribution is 2.19. The molecule has 1 aliphatic heterocycles. The first kappa shape index (κ1) is 15.4. The molecule has 1 fully saturated rings. The Bertz CT molecular complexity index is 622. The van der Waals surface area contributed by atoms with Gasteiger partial charge in [0.15, 0.2) is 0 Å². The lowest BCUT2D eigenvalue weighted by Gasteiger charge is -2.28. The lowest BCUT2D eigenvalue weighted by molar-refractivity contribution is -0.114. The number of nitrogens with zero attached hydrogens (tertiary/aromatic N) is 1. The zero-order valence-electron chi connectivity index (χ0n) is 13.0. The molecule has 0 radical (unpaired) electrons. The van der Waals surface area contributed by atoms with Crippen molar-refractivity contribution < 1.29 is 9.53 Å². The van der Waals surface area contributed by atoms with E-state index in [-0.39, 0.29) is 12.5 Å². The van der Waals surface area contributed by atoms with Crippen LogP contribution in [-0.4, -0.2) is 38.8 Å². The average Bonchev–Trinajstić information content (AvgIpc) is 2.62. The Kier molecular flexibility index (Phi) is 5.11. The minimum absolute atomic E-state index is 0.0621. The molecular weight excluding hydrogens is 290 g/mol. The van der Waals surface area contributed by atoms with Gasteiger partial charge >= 0.3 is 0 Å². The number of hydrogen-bond acceptors (Lipinski definition) is 4. The summed E-state index contributed by atoms with van der Waals surface area (Å²) in [6.45, 7) is 3.60. The Labute approximate surface area is 136 Å². The van der Waals surface area contributed by atoms with Gasteiger partial charge in [0.1, 0.15) is 0 Å². The molecule has 1 heterocycles. The van der Waals surface area contributed by atoms with Gasteiger partial charge in [0.2, 0.25) is 5.91 Å². The number of carbonyl (C=O) groups is 1. The average molecular weight is 311 g/mol. The molecule has 1 saturated heterocycles. The third-order valence-electron chi connectivity index (χ3n) is 3.75. The predicted molar refractivity (Wildman–Crippen MR) is 93.0 cm³/mol. The molecule has 5 nitrogen and oxygen atoms in total. The number of hydrogen-bond donors (Lipinski definition) is 2. The second-order valence-corrected chi connectivity index (χ2v) is 5.41. The summed E-state index contributed by atoms with van der Waals surface area (Å²) < 4.78 is 5.36. The van der Waals surface area contributed by atoms with Crippen LogP contribution in [0.5, 0.6) is 0 Å². The van der Waals surface area contributed by atoms with Crippen LogP contribution >= 0.6 is 0 Å². The molecule has 0 saturated carbocycles. The first-order valence-corrected chi connectivity index (χ1v) is 7.83. The first-order chi connectivity index (χ1) is 11.3. The highest BCUT2D eigenvalue weighted by molar-refractivity contribution is 5.93. The SMILES string of the molecule is O=C(CNc1ccccc1)Nc1ccc(N2CCOCC2)cc1. The fourth-order valence-corrected chi connectivity index (χ4v) is 2.52. The summed E-state index contributed by atoms with van der Waals surface area (Å²) in [4.78, 5) is 14.3. The van der Waals surface area contributed by atoms with E-state index in [0.29, 0.717) is 0 Å². The second kappa shape index (κ2) is 7.65. The number of benzene rings is 2. The fourth-order valence-electron chi connectivity index (χ4n) is 2.52. The van der Waals surface area contributed by atoms with Crippen LogP contribution in [0.4, 0.5) is 17.1 Å². The molecule has 1 amide bonds. The minimum Gasteiger partial charge on any atom is -0.378 e. The van der Waals surface area contributed by atoms with Gasteiger partial charge in [0.25, 0.3) is 0 Å². The van der Waals surface area contributed by atoms with Crippen molar-refractivity contribution in [1.82, 2.24) is 0 Å². The van der Waals surface area contributed by atoms with Gasteiger partial charge in [-0.05, 0) is 36.4 Å². The molecule has 0 atom stereocenters. The van der Waals surface area contributed by atoms with Gasteiger partial charge in [-0.3, -0.25) is 4.79 Å². The number of nitrogens with one attached hydrogen (secondary N) is 2. The van der Waals surface area contributed by atoms with Crippen LogP contribution in [0.2, 0.25) is 0 Å². The van der Waals surface area contributed by atoms with Crippen LogP contribution in [0.1, 0.15) is 0 Å². The molecular formula is C18H21N3O2. The summed E-state index contributed by atoms with van der Waals surface area (Å²) in [6.07, 6.45) is 0. The lowest BCUT2D eigenvalue weighted by atomic mass is 10.2. The highest BCUT2D eigenvalue weighted by Gasteiger charge is 2.11. The Morgan fingerprint density at radius 3 is 2.35 bits per heavy atom. The maximum atomic E-state index is 12.0. The van der Waals surface area contributed by atoms with E-state index in [0.717, 1.165) is 43.4 Å². The monoisotopic (exact) mass is 311 g/mol. The van der Waals surface area contributed by atoms with Gasteiger partial charge < -0.3 is 20.3 Å². The predicted octanol–water partition coefficient (Wildman–Crippen LogP) is 2.57. The van der Waals surface area contributed by atoms with E-state index < -0.39 is 0 Å². The van der Waals surface area contributed by atoms with E-state index in [9.17, 15) is 4.79 Å². The van der Waals surface area contributed by atoms with Gasteiger partial charge in [-0.2, -0.15) is 0 Å². The van der Waals surface area contributed by atoms with Crippen molar-refractivity contribution in [1.29, 1.82) is 0 Å². The summed E-state index contributed by atoms with van der Waals surface area (Å²) >= 11 is 0. The van der Waals surface area contributed by atoms with Crippen molar-refractivity contribution in [2.24, 2.45) is 0 Å². The molecule has 2 N–H and O–H groups in total. The standard InChI is InChI=1S/C18H21N3O2/c22-18(14-19-15-4-2-1-3-5-15)20-16-6-8-17(9-7-16)21-10-12-23-13-11-21/h1-9,19H,10-14H2,(H,20,22). The Hall–Kier alpha value is -2.53. The Morgan fingerprint density at radius 1 is 0.957 bits per heavy atom. The summed E-state index contributed by atoms with van der Waals surface area (Å²) in [7, 11) is 0. The first-order valence-electron chi connectivity index (χ1n) is 7.83. The van der Waals surface area contributed by atoms with E-state index in [1.807, 2.05) is 54.6 Å². The molecule has 0 spiro atoms. The number of ether oxygens (including phenoxy) is 1. The number of para-hydroxylation sites is 1. The zero-order valence-corrected chi connectivity index (χ0v) is 13.0. The van der Waals surface area contributed by atoms with Crippen molar-refractivity contribution in [2.75, 3.05) is 48.4 Å². The molecule has 5 heteroatoms. The molecule has 0 aliphatic carbocycles. The maximum absolute atomic E-state index is 12.0. The van der Waals surface area contributed by atoms with Crippen molar-refractivity contribution in [3.8, 4) is 0 Å². The quantitative estimate of drug-likeness (QED) is 0.891. The smallest absolute Gasteiger partial charge is 0.243 e. The van der Waals surface area contributed by atoms with Crippen LogP contribution in [0.3, 0.4) is 0 Å². The minimum atomic E-state index is -0.0621.